The molecule has 0 fully saturated rings. The van der Waals surface area contributed by atoms with E-state index in [0.29, 0.717) is 39.9 Å². The molecule has 4 aromatic rings. The zero-order valence-electron chi connectivity index (χ0n) is 18.8. The van der Waals surface area contributed by atoms with Gasteiger partial charge in [-0.3, -0.25) is 9.36 Å². The van der Waals surface area contributed by atoms with Crippen molar-refractivity contribution < 1.29 is 13.9 Å². The maximum absolute atomic E-state index is 12.5. The summed E-state index contributed by atoms with van der Waals surface area (Å²) in [6, 6.07) is 11.4. The third-order valence-corrected chi connectivity index (χ3v) is 7.14. The number of furan rings is 1. The van der Waals surface area contributed by atoms with Crippen molar-refractivity contribution in [1.82, 2.24) is 25.1 Å². The van der Waals surface area contributed by atoms with Gasteiger partial charge in [0.1, 0.15) is 16.5 Å². The van der Waals surface area contributed by atoms with Crippen molar-refractivity contribution in [2.45, 2.75) is 37.7 Å². The second kappa shape index (κ2) is 10.2. The van der Waals surface area contributed by atoms with E-state index < -0.39 is 0 Å². The van der Waals surface area contributed by atoms with Crippen LogP contribution in [0.3, 0.4) is 0 Å². The Hall–Kier alpha value is -3.11. The predicted molar refractivity (Wildman–Crippen MR) is 129 cm³/mol. The Morgan fingerprint density at radius 1 is 1.21 bits per heavy atom. The number of nitrogens with zero attached hydrogens (tertiary/aromatic N) is 4. The summed E-state index contributed by atoms with van der Waals surface area (Å²) in [6.07, 6.45) is 1.60. The van der Waals surface area contributed by atoms with E-state index in [2.05, 4.69) is 34.3 Å². The minimum Gasteiger partial charge on any atom is -0.495 e. The van der Waals surface area contributed by atoms with Gasteiger partial charge in [0.05, 0.1) is 24.8 Å². The van der Waals surface area contributed by atoms with Crippen LogP contribution < -0.4 is 10.1 Å². The summed E-state index contributed by atoms with van der Waals surface area (Å²) >= 11 is 2.94. The predicted octanol–water partition coefficient (Wildman–Crippen LogP) is 5.06. The molecule has 1 atom stereocenters. The van der Waals surface area contributed by atoms with Crippen molar-refractivity contribution in [3.8, 4) is 23.0 Å². The fourth-order valence-electron chi connectivity index (χ4n) is 3.02. The molecule has 1 N–H and O–H groups in total. The van der Waals surface area contributed by atoms with Crippen LogP contribution in [-0.4, -0.2) is 38.8 Å². The van der Waals surface area contributed by atoms with Gasteiger partial charge in [-0.15, -0.1) is 21.5 Å². The number of methoxy groups -OCH3 is 1. The minimum atomic E-state index is -0.152. The molecule has 0 saturated heterocycles. The van der Waals surface area contributed by atoms with Gasteiger partial charge in [0.2, 0.25) is 5.82 Å². The van der Waals surface area contributed by atoms with E-state index in [-0.39, 0.29) is 11.9 Å². The first-order valence-corrected chi connectivity index (χ1v) is 12.3. The zero-order chi connectivity index (χ0) is 23.4. The van der Waals surface area contributed by atoms with E-state index in [1.54, 1.807) is 18.8 Å². The first-order valence-electron chi connectivity index (χ1n) is 10.5. The van der Waals surface area contributed by atoms with Gasteiger partial charge in [0.15, 0.2) is 10.9 Å². The minimum absolute atomic E-state index is 0.0800. The normalized spacial score (nSPS) is 12.2. The number of carbonyl (C=O) groups excluding carboxylic acids is 1. The molecule has 1 unspecified atom stereocenters. The van der Waals surface area contributed by atoms with Crippen molar-refractivity contribution in [2.75, 3.05) is 7.11 Å². The number of thioether (sulfide) groups is 1. The molecule has 0 aliphatic heterocycles. The molecule has 0 bridgehead atoms. The van der Waals surface area contributed by atoms with E-state index in [1.165, 1.54) is 23.1 Å². The summed E-state index contributed by atoms with van der Waals surface area (Å²) in [5.74, 6) is 2.62. The third-order valence-electron chi connectivity index (χ3n) is 5.17. The summed E-state index contributed by atoms with van der Waals surface area (Å²) in [4.78, 5) is 17.0. The largest absolute Gasteiger partial charge is 0.495 e. The molecular weight excluding hydrogens is 458 g/mol. The first-order chi connectivity index (χ1) is 16.0. The Kier molecular flexibility index (Phi) is 7.14. The van der Waals surface area contributed by atoms with Gasteiger partial charge >= 0.3 is 0 Å². The van der Waals surface area contributed by atoms with E-state index in [9.17, 15) is 4.79 Å². The molecule has 0 aliphatic carbocycles. The molecule has 0 aliphatic rings. The van der Waals surface area contributed by atoms with Gasteiger partial charge in [0.25, 0.3) is 5.91 Å². The van der Waals surface area contributed by atoms with Crippen molar-refractivity contribution in [1.29, 1.82) is 0 Å². The number of aromatic nitrogens is 4. The van der Waals surface area contributed by atoms with Crippen LogP contribution in [0.25, 0.3) is 17.3 Å². The quantitative estimate of drug-likeness (QED) is 0.333. The fraction of sp³-hybridized carbons (Fsp3) is 0.304. The number of hydrogen-bond acceptors (Lipinski definition) is 8. The van der Waals surface area contributed by atoms with E-state index in [0.717, 1.165) is 10.7 Å². The summed E-state index contributed by atoms with van der Waals surface area (Å²) in [5, 5.41) is 15.0. The van der Waals surface area contributed by atoms with Crippen LogP contribution in [0.1, 0.15) is 36.3 Å². The lowest BCUT2D eigenvalue weighted by Gasteiger charge is -2.16. The average molecular weight is 484 g/mol. The Bertz CT molecular complexity index is 1220. The summed E-state index contributed by atoms with van der Waals surface area (Å²) in [6.45, 7) is 6.14. The van der Waals surface area contributed by atoms with Gasteiger partial charge in [0, 0.05) is 11.4 Å². The highest BCUT2D eigenvalue weighted by atomic mass is 32.2. The van der Waals surface area contributed by atoms with Crippen LogP contribution >= 0.6 is 23.1 Å². The lowest BCUT2D eigenvalue weighted by molar-refractivity contribution is 0.0926. The topological polar surface area (TPSA) is 95.1 Å². The first kappa shape index (κ1) is 23.1. The van der Waals surface area contributed by atoms with Gasteiger partial charge in [-0.1, -0.05) is 37.7 Å². The number of rotatable bonds is 9. The molecule has 10 heteroatoms. The number of para-hydroxylation sites is 2. The van der Waals surface area contributed by atoms with Crippen LogP contribution in [0.2, 0.25) is 0 Å². The molecule has 172 valence electrons. The van der Waals surface area contributed by atoms with E-state index >= 15 is 0 Å². The molecule has 1 aromatic carbocycles. The smallest absolute Gasteiger partial charge is 0.270 e. The van der Waals surface area contributed by atoms with Crippen molar-refractivity contribution in [2.24, 2.45) is 5.92 Å². The maximum atomic E-state index is 12.5. The summed E-state index contributed by atoms with van der Waals surface area (Å²) < 4.78 is 13.1. The number of benzene rings is 1. The number of hydrogen-bond donors (Lipinski definition) is 1. The average Bonchev–Trinajstić information content (AvgIpc) is 3.58. The molecular formula is C23H25N5O3S2. The van der Waals surface area contributed by atoms with Crippen LogP contribution in [0.5, 0.6) is 5.75 Å². The SMILES string of the molecule is COc1ccccc1-n1c(SCc2nc(C(=O)NC(C)C(C)C)cs2)nnc1-c1ccco1. The second-order valence-electron chi connectivity index (χ2n) is 7.71. The van der Waals surface area contributed by atoms with Gasteiger partial charge in [-0.25, -0.2) is 4.98 Å². The molecule has 4 rings (SSSR count). The van der Waals surface area contributed by atoms with Crippen molar-refractivity contribution >= 4 is 29.0 Å². The molecule has 0 spiro atoms. The highest BCUT2D eigenvalue weighted by Gasteiger charge is 2.21. The lowest BCUT2D eigenvalue weighted by atomic mass is 10.1. The fourth-order valence-corrected chi connectivity index (χ4v) is 4.75. The molecule has 3 aromatic heterocycles. The monoisotopic (exact) mass is 483 g/mol. The Morgan fingerprint density at radius 3 is 2.76 bits per heavy atom. The van der Waals surface area contributed by atoms with Crippen LogP contribution in [0.4, 0.5) is 0 Å². The number of amides is 1. The van der Waals surface area contributed by atoms with Crippen LogP contribution in [0.15, 0.2) is 57.6 Å². The lowest BCUT2D eigenvalue weighted by Crippen LogP contribution is -2.36. The highest BCUT2D eigenvalue weighted by Crippen LogP contribution is 2.34. The zero-order valence-corrected chi connectivity index (χ0v) is 20.4. The Morgan fingerprint density at radius 2 is 2.03 bits per heavy atom. The van der Waals surface area contributed by atoms with Crippen LogP contribution in [-0.2, 0) is 5.75 Å². The maximum Gasteiger partial charge on any atom is 0.270 e. The van der Waals surface area contributed by atoms with Crippen LogP contribution in [0, 0.1) is 5.92 Å². The number of nitrogens with one attached hydrogen (secondary N) is 1. The summed E-state index contributed by atoms with van der Waals surface area (Å²) in [7, 11) is 1.63. The van der Waals surface area contributed by atoms with Gasteiger partial charge < -0.3 is 14.5 Å². The third kappa shape index (κ3) is 5.12. The van der Waals surface area contributed by atoms with Gasteiger partial charge in [-0.2, -0.15) is 0 Å². The van der Waals surface area contributed by atoms with E-state index in [4.69, 9.17) is 9.15 Å². The standard InChI is InChI=1S/C23H25N5O3S2/c1-14(2)15(3)24-22(29)16-12-32-20(25-16)13-33-23-27-26-21(19-10-7-11-31-19)28(23)17-8-5-6-9-18(17)30-4/h5-12,14-15H,13H2,1-4H3,(H,24,29). The molecule has 33 heavy (non-hydrogen) atoms. The second-order valence-corrected chi connectivity index (χ2v) is 9.60. The number of thiazole rings is 1. The van der Waals surface area contributed by atoms with Crippen molar-refractivity contribution in [3.05, 3.63) is 58.7 Å². The van der Waals surface area contributed by atoms with E-state index in [1.807, 2.05) is 47.9 Å². The number of carbonyl (C=O) groups is 1. The number of ether oxygens (including phenoxy) is 1. The van der Waals surface area contributed by atoms with Crippen molar-refractivity contribution in [3.63, 3.8) is 0 Å². The molecule has 3 heterocycles. The van der Waals surface area contributed by atoms with Gasteiger partial charge in [-0.05, 0) is 37.1 Å². The molecule has 0 radical (unpaired) electrons. The summed E-state index contributed by atoms with van der Waals surface area (Å²) in [5.41, 5.74) is 1.24. The molecule has 8 nitrogen and oxygen atoms in total. The highest BCUT2D eigenvalue weighted by molar-refractivity contribution is 7.98. The molecule has 0 saturated carbocycles. The Labute approximate surface area is 200 Å². The Balaban J connectivity index is 1.57. The molecule has 1 amide bonds.